The first-order valence-electron chi connectivity index (χ1n) is 6.63. The number of carbonyl (C=O) groups excluding carboxylic acids is 1. The molecule has 2 rings (SSSR count). The van der Waals surface area contributed by atoms with E-state index in [-0.39, 0.29) is 11.4 Å². The molecular formula is C13H24N2O2. The van der Waals surface area contributed by atoms with Gasteiger partial charge in [-0.2, -0.15) is 0 Å². The number of hydrogen-bond donors (Lipinski definition) is 2. The minimum absolute atomic E-state index is 0.0112. The fourth-order valence-electron chi connectivity index (χ4n) is 2.96. The first-order valence-corrected chi connectivity index (χ1v) is 6.63. The predicted octanol–water partition coefficient (Wildman–Crippen LogP) is 1.19. The highest BCUT2D eigenvalue weighted by Crippen LogP contribution is 2.31. The van der Waals surface area contributed by atoms with Gasteiger partial charge in [0.05, 0.1) is 17.7 Å². The van der Waals surface area contributed by atoms with Crippen molar-refractivity contribution in [3.05, 3.63) is 0 Å². The molecule has 0 aromatic carbocycles. The Hall–Kier alpha value is -0.610. The van der Waals surface area contributed by atoms with E-state index in [2.05, 4.69) is 12.2 Å². The molecule has 0 radical (unpaired) electrons. The van der Waals surface area contributed by atoms with Gasteiger partial charge in [0.1, 0.15) is 0 Å². The Labute approximate surface area is 103 Å². The quantitative estimate of drug-likeness (QED) is 0.762. The van der Waals surface area contributed by atoms with Crippen LogP contribution in [-0.2, 0) is 9.53 Å². The Morgan fingerprint density at radius 3 is 2.82 bits per heavy atom. The Morgan fingerprint density at radius 1 is 1.47 bits per heavy atom. The summed E-state index contributed by atoms with van der Waals surface area (Å²) in [6, 6.07) is 0. The molecule has 0 spiro atoms. The summed E-state index contributed by atoms with van der Waals surface area (Å²) in [7, 11) is 0. The molecule has 2 fully saturated rings. The highest BCUT2D eigenvalue weighted by molar-refractivity contribution is 5.86. The van der Waals surface area contributed by atoms with Crippen LogP contribution in [0, 0.1) is 5.92 Å². The Balaban J connectivity index is 1.98. The van der Waals surface area contributed by atoms with E-state index < -0.39 is 5.54 Å². The minimum atomic E-state index is -0.663. The largest absolute Gasteiger partial charge is 0.379 e. The summed E-state index contributed by atoms with van der Waals surface area (Å²) < 4.78 is 5.35. The summed E-state index contributed by atoms with van der Waals surface area (Å²) in [5.74, 6) is 0.559. The van der Waals surface area contributed by atoms with Gasteiger partial charge >= 0.3 is 0 Å². The Bertz CT molecular complexity index is 300. The molecule has 2 aliphatic rings. The van der Waals surface area contributed by atoms with Crippen LogP contribution in [-0.4, -0.2) is 30.2 Å². The molecule has 1 heterocycles. The first-order chi connectivity index (χ1) is 7.94. The monoisotopic (exact) mass is 240 g/mol. The van der Waals surface area contributed by atoms with Crippen molar-refractivity contribution in [1.82, 2.24) is 5.32 Å². The van der Waals surface area contributed by atoms with Crippen LogP contribution in [0.2, 0.25) is 0 Å². The minimum Gasteiger partial charge on any atom is -0.379 e. The molecule has 3 N–H and O–H groups in total. The summed E-state index contributed by atoms with van der Waals surface area (Å²) >= 11 is 0. The van der Waals surface area contributed by atoms with Gasteiger partial charge in [-0.3, -0.25) is 4.79 Å². The van der Waals surface area contributed by atoms with Crippen LogP contribution < -0.4 is 11.1 Å². The van der Waals surface area contributed by atoms with Gasteiger partial charge in [-0.25, -0.2) is 0 Å². The fraction of sp³-hybridized carbons (Fsp3) is 0.923. The maximum absolute atomic E-state index is 12.3. The zero-order valence-corrected chi connectivity index (χ0v) is 10.9. The summed E-state index contributed by atoms with van der Waals surface area (Å²) in [4.78, 5) is 12.3. The van der Waals surface area contributed by atoms with Crippen LogP contribution in [0.5, 0.6) is 0 Å². The molecule has 1 saturated carbocycles. The third-order valence-corrected chi connectivity index (χ3v) is 4.12. The van der Waals surface area contributed by atoms with Crippen LogP contribution in [0.25, 0.3) is 0 Å². The number of ether oxygens (including phenoxy) is 1. The van der Waals surface area contributed by atoms with E-state index in [4.69, 9.17) is 10.5 Å². The van der Waals surface area contributed by atoms with Gasteiger partial charge in [0.25, 0.3) is 0 Å². The van der Waals surface area contributed by atoms with Gasteiger partial charge in [0.2, 0.25) is 5.91 Å². The molecule has 0 aromatic heterocycles. The topological polar surface area (TPSA) is 64.4 Å². The SMILES string of the molecule is CC1CCCC(N)(C(=O)NC2(C)CCOC2)C1. The van der Waals surface area contributed by atoms with Gasteiger partial charge in [-0.05, 0) is 32.1 Å². The lowest BCUT2D eigenvalue weighted by molar-refractivity contribution is -0.130. The Kier molecular flexibility index (Phi) is 3.46. The van der Waals surface area contributed by atoms with Crippen molar-refractivity contribution < 1.29 is 9.53 Å². The van der Waals surface area contributed by atoms with Crippen LogP contribution >= 0.6 is 0 Å². The molecule has 4 heteroatoms. The lowest BCUT2D eigenvalue weighted by atomic mass is 9.76. The zero-order chi connectivity index (χ0) is 12.5. The van der Waals surface area contributed by atoms with E-state index in [1.54, 1.807) is 0 Å². The molecule has 98 valence electrons. The molecule has 0 bridgehead atoms. The van der Waals surface area contributed by atoms with Crippen molar-refractivity contribution in [2.75, 3.05) is 13.2 Å². The summed E-state index contributed by atoms with van der Waals surface area (Å²) in [6.07, 6.45) is 4.73. The zero-order valence-electron chi connectivity index (χ0n) is 10.9. The van der Waals surface area contributed by atoms with E-state index in [1.807, 2.05) is 6.92 Å². The smallest absolute Gasteiger partial charge is 0.240 e. The molecule has 3 atom stereocenters. The lowest BCUT2D eigenvalue weighted by Gasteiger charge is -2.38. The van der Waals surface area contributed by atoms with Crippen molar-refractivity contribution in [2.45, 2.75) is 57.0 Å². The second kappa shape index (κ2) is 4.58. The third kappa shape index (κ3) is 2.80. The van der Waals surface area contributed by atoms with E-state index in [9.17, 15) is 4.79 Å². The predicted molar refractivity (Wildman–Crippen MR) is 66.5 cm³/mol. The highest BCUT2D eigenvalue weighted by atomic mass is 16.5. The summed E-state index contributed by atoms with van der Waals surface area (Å²) in [5.41, 5.74) is 5.40. The third-order valence-electron chi connectivity index (χ3n) is 4.12. The second-order valence-electron chi connectivity index (χ2n) is 6.18. The molecule has 1 aliphatic heterocycles. The molecule has 3 unspecified atom stereocenters. The second-order valence-corrected chi connectivity index (χ2v) is 6.18. The van der Waals surface area contributed by atoms with Crippen molar-refractivity contribution in [1.29, 1.82) is 0 Å². The summed E-state index contributed by atoms with van der Waals surface area (Å²) in [6.45, 7) is 5.54. The van der Waals surface area contributed by atoms with Crippen LogP contribution in [0.1, 0.15) is 46.0 Å². The maximum Gasteiger partial charge on any atom is 0.240 e. The summed E-state index contributed by atoms with van der Waals surface area (Å²) in [5, 5.41) is 3.10. The van der Waals surface area contributed by atoms with E-state index in [0.717, 1.165) is 32.3 Å². The van der Waals surface area contributed by atoms with Crippen LogP contribution in [0.4, 0.5) is 0 Å². The highest BCUT2D eigenvalue weighted by Gasteiger charge is 2.41. The van der Waals surface area contributed by atoms with Gasteiger partial charge in [0.15, 0.2) is 0 Å². The maximum atomic E-state index is 12.3. The number of carbonyl (C=O) groups is 1. The van der Waals surface area contributed by atoms with Gasteiger partial charge in [-0.1, -0.05) is 19.8 Å². The molecule has 1 aliphatic carbocycles. The normalized spacial score (nSPS) is 42.4. The fourth-order valence-corrected chi connectivity index (χ4v) is 2.96. The molecule has 1 amide bonds. The van der Waals surface area contributed by atoms with E-state index in [0.29, 0.717) is 12.5 Å². The van der Waals surface area contributed by atoms with Crippen molar-refractivity contribution in [3.8, 4) is 0 Å². The number of amides is 1. The standard InChI is InChI=1S/C13H24N2O2/c1-10-4-3-5-13(14,8-10)11(16)15-12(2)6-7-17-9-12/h10H,3-9,14H2,1-2H3,(H,15,16). The molecule has 1 saturated heterocycles. The van der Waals surface area contributed by atoms with Crippen molar-refractivity contribution in [2.24, 2.45) is 11.7 Å². The van der Waals surface area contributed by atoms with Gasteiger partial charge in [-0.15, -0.1) is 0 Å². The van der Waals surface area contributed by atoms with E-state index in [1.165, 1.54) is 6.42 Å². The first kappa shape index (κ1) is 12.8. The molecular weight excluding hydrogens is 216 g/mol. The van der Waals surface area contributed by atoms with E-state index >= 15 is 0 Å². The number of hydrogen-bond acceptors (Lipinski definition) is 3. The van der Waals surface area contributed by atoms with Crippen molar-refractivity contribution >= 4 is 5.91 Å². The lowest BCUT2D eigenvalue weighted by Crippen LogP contribution is -2.61. The number of nitrogens with one attached hydrogen (secondary N) is 1. The number of nitrogens with two attached hydrogens (primary N) is 1. The van der Waals surface area contributed by atoms with Gasteiger partial charge < -0.3 is 15.8 Å². The average Bonchev–Trinajstić information content (AvgIpc) is 2.64. The van der Waals surface area contributed by atoms with Crippen LogP contribution in [0.3, 0.4) is 0 Å². The Morgan fingerprint density at radius 2 is 2.24 bits per heavy atom. The van der Waals surface area contributed by atoms with Crippen LogP contribution in [0.15, 0.2) is 0 Å². The van der Waals surface area contributed by atoms with Crippen molar-refractivity contribution in [3.63, 3.8) is 0 Å². The average molecular weight is 240 g/mol. The molecule has 0 aromatic rings. The van der Waals surface area contributed by atoms with Gasteiger partial charge in [0, 0.05) is 6.61 Å². The molecule has 17 heavy (non-hydrogen) atoms. The molecule has 4 nitrogen and oxygen atoms in total. The number of rotatable bonds is 2.